The van der Waals surface area contributed by atoms with E-state index in [9.17, 15) is 0 Å². The highest BCUT2D eigenvalue weighted by Crippen LogP contribution is 2.35. The van der Waals surface area contributed by atoms with Gasteiger partial charge in [-0.1, -0.05) is 18.2 Å². The summed E-state index contributed by atoms with van der Waals surface area (Å²) < 4.78 is 1.14. The van der Waals surface area contributed by atoms with Crippen molar-refractivity contribution >= 4 is 27.7 Å². The van der Waals surface area contributed by atoms with Gasteiger partial charge in [0.05, 0.1) is 0 Å². The summed E-state index contributed by atoms with van der Waals surface area (Å²) in [6.45, 7) is 0. The van der Waals surface area contributed by atoms with E-state index < -0.39 is 0 Å². The van der Waals surface area contributed by atoms with Crippen molar-refractivity contribution < 1.29 is 0 Å². The molecule has 1 aliphatic rings. The lowest BCUT2D eigenvalue weighted by Gasteiger charge is -2.19. The molecular weight excluding hydrogens is 332 g/mol. The molecule has 4 heteroatoms. The van der Waals surface area contributed by atoms with Crippen LogP contribution in [0.1, 0.15) is 23.6 Å². The summed E-state index contributed by atoms with van der Waals surface area (Å²) in [6, 6.07) is 12.6. The number of pyridine rings is 1. The molecule has 2 nitrogen and oxygen atoms in total. The smallest absolute Gasteiger partial charge is 0.0482 e. The molecule has 1 aromatic carbocycles. The van der Waals surface area contributed by atoms with E-state index >= 15 is 0 Å². The van der Waals surface area contributed by atoms with E-state index in [2.05, 4.69) is 45.2 Å². The molecule has 1 aromatic heterocycles. The molecule has 2 aromatic rings. The summed E-state index contributed by atoms with van der Waals surface area (Å²) in [7, 11) is 0. The molecule has 0 fully saturated rings. The molecule has 2 unspecified atom stereocenters. The Morgan fingerprint density at radius 3 is 3.00 bits per heavy atom. The van der Waals surface area contributed by atoms with E-state index in [0.717, 1.165) is 23.1 Å². The Bertz CT molecular complexity index is 603. The minimum Gasteiger partial charge on any atom is -0.326 e. The Morgan fingerprint density at radius 1 is 1.30 bits per heavy atom. The van der Waals surface area contributed by atoms with Crippen molar-refractivity contribution in [3.05, 3.63) is 58.3 Å². The molecule has 20 heavy (non-hydrogen) atoms. The molecule has 2 atom stereocenters. The average Bonchev–Trinajstić information content (AvgIpc) is 2.90. The lowest BCUT2D eigenvalue weighted by molar-refractivity contribution is 0.561. The van der Waals surface area contributed by atoms with Crippen LogP contribution in [0.2, 0.25) is 0 Å². The standard InChI is InChI=1S/C16H17BrN2S/c17-13-5-1-2-6-15(13)20-10-14(18)12-8-7-11-4-3-9-19-16(11)12/h1-6,9,12,14H,7-8,10,18H2. The van der Waals surface area contributed by atoms with Gasteiger partial charge in [0.1, 0.15) is 0 Å². The summed E-state index contributed by atoms with van der Waals surface area (Å²) in [5, 5.41) is 0. The summed E-state index contributed by atoms with van der Waals surface area (Å²) in [6.07, 6.45) is 4.12. The highest BCUT2D eigenvalue weighted by molar-refractivity contribution is 9.10. The Kier molecular flexibility index (Phi) is 4.44. The monoisotopic (exact) mass is 348 g/mol. The number of aryl methyl sites for hydroxylation is 1. The molecule has 0 radical (unpaired) electrons. The van der Waals surface area contributed by atoms with Crippen LogP contribution in [0, 0.1) is 0 Å². The van der Waals surface area contributed by atoms with Gasteiger partial charge in [0.25, 0.3) is 0 Å². The van der Waals surface area contributed by atoms with Crippen LogP contribution in [0.4, 0.5) is 0 Å². The molecule has 104 valence electrons. The number of halogens is 1. The van der Waals surface area contributed by atoms with Crippen LogP contribution in [0.15, 0.2) is 52.0 Å². The zero-order chi connectivity index (χ0) is 13.9. The maximum absolute atomic E-state index is 6.42. The maximum Gasteiger partial charge on any atom is 0.0482 e. The molecule has 2 N–H and O–H groups in total. The molecule has 1 aliphatic carbocycles. The van der Waals surface area contributed by atoms with Crippen molar-refractivity contribution in [1.29, 1.82) is 0 Å². The molecule has 0 aliphatic heterocycles. The number of nitrogens with two attached hydrogens (primary N) is 1. The molecule has 0 saturated carbocycles. The van der Waals surface area contributed by atoms with Gasteiger partial charge in [-0.2, -0.15) is 0 Å². The Morgan fingerprint density at radius 2 is 2.15 bits per heavy atom. The lowest BCUT2D eigenvalue weighted by atomic mass is 9.99. The van der Waals surface area contributed by atoms with E-state index in [-0.39, 0.29) is 6.04 Å². The van der Waals surface area contributed by atoms with Gasteiger partial charge >= 0.3 is 0 Å². The van der Waals surface area contributed by atoms with Crippen LogP contribution in [0.25, 0.3) is 0 Å². The first-order valence-corrected chi connectivity index (χ1v) is 8.60. The SMILES string of the molecule is NC(CSc1ccccc1Br)C1CCc2cccnc21. The number of aromatic nitrogens is 1. The van der Waals surface area contributed by atoms with Crippen molar-refractivity contribution in [2.45, 2.75) is 29.7 Å². The second-order valence-corrected chi connectivity index (χ2v) is 7.01. The van der Waals surface area contributed by atoms with Gasteiger partial charge in [-0.05, 0) is 52.5 Å². The fraction of sp³-hybridized carbons (Fsp3) is 0.312. The molecule has 0 bridgehead atoms. The first kappa shape index (κ1) is 14.1. The van der Waals surface area contributed by atoms with Crippen molar-refractivity contribution in [3.8, 4) is 0 Å². The van der Waals surface area contributed by atoms with Gasteiger partial charge in [0, 0.05) is 39.0 Å². The fourth-order valence-electron chi connectivity index (χ4n) is 2.72. The van der Waals surface area contributed by atoms with Crippen molar-refractivity contribution in [3.63, 3.8) is 0 Å². The topological polar surface area (TPSA) is 38.9 Å². The molecule has 0 spiro atoms. The van der Waals surface area contributed by atoms with Crippen molar-refractivity contribution in [2.75, 3.05) is 5.75 Å². The maximum atomic E-state index is 6.42. The molecular formula is C16H17BrN2S. The van der Waals surface area contributed by atoms with Gasteiger partial charge in [0.2, 0.25) is 0 Å². The minimum absolute atomic E-state index is 0.156. The van der Waals surface area contributed by atoms with Crippen molar-refractivity contribution in [2.24, 2.45) is 5.73 Å². The van der Waals surface area contributed by atoms with E-state index in [4.69, 9.17) is 5.73 Å². The quantitative estimate of drug-likeness (QED) is 0.849. The minimum atomic E-state index is 0.156. The van der Waals surface area contributed by atoms with Gasteiger partial charge < -0.3 is 5.73 Å². The van der Waals surface area contributed by atoms with E-state index in [1.54, 1.807) is 0 Å². The first-order chi connectivity index (χ1) is 9.75. The fourth-order valence-corrected chi connectivity index (χ4v) is 4.34. The summed E-state index contributed by atoms with van der Waals surface area (Å²) in [5.41, 5.74) is 9.01. The zero-order valence-corrected chi connectivity index (χ0v) is 13.5. The molecule has 3 rings (SSSR count). The number of thioether (sulfide) groups is 1. The Balaban J connectivity index is 1.66. The van der Waals surface area contributed by atoms with E-state index in [0.29, 0.717) is 5.92 Å². The number of hydrogen-bond acceptors (Lipinski definition) is 3. The third kappa shape index (κ3) is 2.92. The van der Waals surface area contributed by atoms with Crippen LogP contribution in [-0.2, 0) is 6.42 Å². The average molecular weight is 349 g/mol. The predicted octanol–water partition coefficient (Wildman–Crippen LogP) is 3.99. The van der Waals surface area contributed by atoms with E-state index in [1.807, 2.05) is 30.1 Å². The Labute approximate surface area is 132 Å². The van der Waals surface area contributed by atoms with Gasteiger partial charge in [-0.15, -0.1) is 11.8 Å². The number of hydrogen-bond donors (Lipinski definition) is 1. The molecule has 0 amide bonds. The first-order valence-electron chi connectivity index (χ1n) is 6.82. The zero-order valence-electron chi connectivity index (χ0n) is 11.1. The van der Waals surface area contributed by atoms with Crippen LogP contribution in [0.3, 0.4) is 0 Å². The van der Waals surface area contributed by atoms with Crippen LogP contribution in [-0.4, -0.2) is 16.8 Å². The largest absolute Gasteiger partial charge is 0.326 e. The Hall–Kier alpha value is -0.840. The summed E-state index contributed by atoms with van der Waals surface area (Å²) in [5.74, 6) is 1.32. The van der Waals surface area contributed by atoms with Gasteiger partial charge in [-0.3, -0.25) is 4.98 Å². The lowest BCUT2D eigenvalue weighted by Crippen LogP contribution is -2.30. The normalized spacial score (nSPS) is 18.8. The number of nitrogens with zero attached hydrogens (tertiary/aromatic N) is 1. The van der Waals surface area contributed by atoms with Crippen molar-refractivity contribution in [1.82, 2.24) is 4.98 Å². The highest BCUT2D eigenvalue weighted by Gasteiger charge is 2.28. The van der Waals surface area contributed by atoms with Gasteiger partial charge in [-0.25, -0.2) is 0 Å². The number of rotatable bonds is 4. The summed E-state index contributed by atoms with van der Waals surface area (Å²) in [4.78, 5) is 5.79. The van der Waals surface area contributed by atoms with Gasteiger partial charge in [0.15, 0.2) is 0 Å². The molecule has 0 saturated heterocycles. The second-order valence-electron chi connectivity index (χ2n) is 5.10. The second kappa shape index (κ2) is 6.29. The predicted molar refractivity (Wildman–Crippen MR) is 88.1 cm³/mol. The number of benzene rings is 1. The summed E-state index contributed by atoms with van der Waals surface area (Å²) >= 11 is 5.40. The van der Waals surface area contributed by atoms with Crippen LogP contribution < -0.4 is 5.73 Å². The van der Waals surface area contributed by atoms with Crippen LogP contribution >= 0.6 is 27.7 Å². The van der Waals surface area contributed by atoms with E-state index in [1.165, 1.54) is 16.2 Å². The third-order valence-electron chi connectivity index (χ3n) is 3.79. The number of fused-ring (bicyclic) bond motifs is 1. The van der Waals surface area contributed by atoms with Crippen LogP contribution in [0.5, 0.6) is 0 Å². The molecule has 1 heterocycles. The third-order valence-corrected chi connectivity index (χ3v) is 5.96. The highest BCUT2D eigenvalue weighted by atomic mass is 79.9.